The molecule has 2 aromatic heterocycles. The molecule has 5 heteroatoms. The van der Waals surface area contributed by atoms with Gasteiger partial charge in [-0.15, -0.1) is 0 Å². The number of anilines is 1. The minimum absolute atomic E-state index is 0.728. The summed E-state index contributed by atoms with van der Waals surface area (Å²) in [6.07, 6.45) is 6.84. The second-order valence-electron chi connectivity index (χ2n) is 3.83. The van der Waals surface area contributed by atoms with Crippen molar-refractivity contribution in [3.05, 3.63) is 55.2 Å². The molecule has 0 saturated carbocycles. The summed E-state index contributed by atoms with van der Waals surface area (Å²) in [5, 5.41) is 4.27. The average Bonchev–Trinajstić information content (AvgIpc) is 2.90. The fourth-order valence-electron chi connectivity index (χ4n) is 1.77. The molecule has 2 heterocycles. The van der Waals surface area contributed by atoms with Crippen LogP contribution in [0, 0.1) is 0 Å². The molecule has 0 saturated heterocycles. The van der Waals surface area contributed by atoms with E-state index in [1.54, 1.807) is 23.1 Å². The van der Waals surface area contributed by atoms with Crippen molar-refractivity contribution in [3.8, 4) is 16.9 Å². The van der Waals surface area contributed by atoms with Gasteiger partial charge in [0.05, 0.1) is 6.20 Å². The second kappa shape index (κ2) is 4.29. The van der Waals surface area contributed by atoms with E-state index in [2.05, 4.69) is 15.1 Å². The van der Waals surface area contributed by atoms with Gasteiger partial charge in [0.25, 0.3) is 0 Å². The fourth-order valence-corrected chi connectivity index (χ4v) is 1.77. The summed E-state index contributed by atoms with van der Waals surface area (Å²) < 4.78 is 1.70. The van der Waals surface area contributed by atoms with Crippen LogP contribution in [-0.2, 0) is 0 Å². The highest BCUT2D eigenvalue weighted by atomic mass is 15.3. The lowest BCUT2D eigenvalue weighted by atomic mass is 10.1. The third-order valence-electron chi connectivity index (χ3n) is 2.66. The molecular weight excluding hydrogens is 226 g/mol. The minimum Gasteiger partial charge on any atom is -0.398 e. The number of benzene rings is 1. The largest absolute Gasteiger partial charge is 0.398 e. The van der Waals surface area contributed by atoms with Crippen LogP contribution in [-0.4, -0.2) is 19.7 Å². The van der Waals surface area contributed by atoms with E-state index < -0.39 is 0 Å². The lowest BCUT2D eigenvalue weighted by Crippen LogP contribution is -1.97. The standard InChI is InChI=1S/C13H11N5/c14-12-4-2-1-3-11(12)10-7-17-18(8-10)13-5-6-15-9-16-13/h1-9H,14H2. The van der Waals surface area contributed by atoms with Gasteiger partial charge in [-0.2, -0.15) is 5.10 Å². The lowest BCUT2D eigenvalue weighted by Gasteiger charge is -2.01. The minimum atomic E-state index is 0.728. The van der Waals surface area contributed by atoms with Crippen molar-refractivity contribution in [1.29, 1.82) is 0 Å². The molecule has 3 rings (SSSR count). The first-order valence-electron chi connectivity index (χ1n) is 5.50. The Hall–Kier alpha value is -2.69. The zero-order chi connectivity index (χ0) is 12.4. The van der Waals surface area contributed by atoms with Gasteiger partial charge in [0.1, 0.15) is 6.33 Å². The van der Waals surface area contributed by atoms with Crippen LogP contribution in [0.5, 0.6) is 0 Å². The molecule has 5 nitrogen and oxygen atoms in total. The van der Waals surface area contributed by atoms with Crippen molar-refractivity contribution >= 4 is 5.69 Å². The van der Waals surface area contributed by atoms with Crippen LogP contribution in [0.3, 0.4) is 0 Å². The molecule has 3 aromatic rings. The number of para-hydroxylation sites is 1. The quantitative estimate of drug-likeness (QED) is 0.691. The van der Waals surface area contributed by atoms with Crippen molar-refractivity contribution < 1.29 is 0 Å². The Morgan fingerprint density at radius 2 is 2.00 bits per heavy atom. The number of rotatable bonds is 2. The van der Waals surface area contributed by atoms with Gasteiger partial charge in [0.15, 0.2) is 5.82 Å². The Balaban J connectivity index is 2.03. The van der Waals surface area contributed by atoms with E-state index >= 15 is 0 Å². The Bertz CT molecular complexity index is 660. The number of nitrogen functional groups attached to an aromatic ring is 1. The summed E-state index contributed by atoms with van der Waals surface area (Å²) in [5.74, 6) is 0.728. The van der Waals surface area contributed by atoms with Crippen LogP contribution in [0.4, 0.5) is 5.69 Å². The Labute approximate surface area is 104 Å². The number of hydrogen-bond donors (Lipinski definition) is 1. The molecule has 0 atom stereocenters. The maximum Gasteiger partial charge on any atom is 0.156 e. The van der Waals surface area contributed by atoms with E-state index in [1.807, 2.05) is 30.5 Å². The molecule has 2 N–H and O–H groups in total. The number of nitrogens with two attached hydrogens (primary N) is 1. The smallest absolute Gasteiger partial charge is 0.156 e. The molecule has 0 aliphatic rings. The van der Waals surface area contributed by atoms with Crippen molar-refractivity contribution in [2.45, 2.75) is 0 Å². The van der Waals surface area contributed by atoms with Gasteiger partial charge in [0, 0.05) is 35.3 Å². The molecule has 0 aliphatic carbocycles. The van der Waals surface area contributed by atoms with E-state index in [9.17, 15) is 0 Å². The molecule has 0 aliphatic heterocycles. The zero-order valence-electron chi connectivity index (χ0n) is 9.56. The summed E-state index contributed by atoms with van der Waals surface area (Å²) >= 11 is 0. The summed E-state index contributed by atoms with van der Waals surface area (Å²) in [4.78, 5) is 8.01. The zero-order valence-corrected chi connectivity index (χ0v) is 9.56. The average molecular weight is 237 g/mol. The summed E-state index contributed by atoms with van der Waals surface area (Å²) in [6, 6.07) is 9.50. The third kappa shape index (κ3) is 1.82. The van der Waals surface area contributed by atoms with Crippen molar-refractivity contribution in [2.75, 3.05) is 5.73 Å². The molecule has 0 amide bonds. The number of nitrogens with zero attached hydrogens (tertiary/aromatic N) is 4. The molecule has 18 heavy (non-hydrogen) atoms. The maximum atomic E-state index is 5.94. The summed E-state index contributed by atoms with van der Waals surface area (Å²) in [5.41, 5.74) is 8.61. The predicted octanol–water partition coefficient (Wildman–Crippen LogP) is 1.91. The third-order valence-corrected chi connectivity index (χ3v) is 2.66. The van der Waals surface area contributed by atoms with Crippen LogP contribution in [0.2, 0.25) is 0 Å². The molecule has 0 bridgehead atoms. The Morgan fingerprint density at radius 3 is 2.78 bits per heavy atom. The topological polar surface area (TPSA) is 69.6 Å². The lowest BCUT2D eigenvalue weighted by molar-refractivity contribution is 0.839. The van der Waals surface area contributed by atoms with Crippen molar-refractivity contribution in [1.82, 2.24) is 19.7 Å². The first-order chi connectivity index (χ1) is 8.84. The van der Waals surface area contributed by atoms with Crippen molar-refractivity contribution in [3.63, 3.8) is 0 Å². The summed E-state index contributed by atoms with van der Waals surface area (Å²) in [7, 11) is 0. The molecule has 0 spiro atoms. The van der Waals surface area contributed by atoms with E-state index in [0.717, 1.165) is 22.6 Å². The monoisotopic (exact) mass is 237 g/mol. The van der Waals surface area contributed by atoms with Gasteiger partial charge in [-0.05, 0) is 6.07 Å². The first-order valence-corrected chi connectivity index (χ1v) is 5.50. The number of hydrogen-bond acceptors (Lipinski definition) is 4. The normalized spacial score (nSPS) is 10.4. The number of aromatic nitrogens is 4. The van der Waals surface area contributed by atoms with Crippen LogP contribution >= 0.6 is 0 Å². The van der Waals surface area contributed by atoms with Crippen LogP contribution in [0.1, 0.15) is 0 Å². The van der Waals surface area contributed by atoms with Crippen molar-refractivity contribution in [2.24, 2.45) is 0 Å². The highest BCUT2D eigenvalue weighted by Gasteiger charge is 2.06. The van der Waals surface area contributed by atoms with E-state index in [0.29, 0.717) is 0 Å². The molecule has 0 fully saturated rings. The van der Waals surface area contributed by atoms with E-state index in [4.69, 9.17) is 5.73 Å². The molecule has 0 unspecified atom stereocenters. The van der Waals surface area contributed by atoms with Crippen LogP contribution in [0.15, 0.2) is 55.2 Å². The van der Waals surface area contributed by atoms with E-state index in [1.165, 1.54) is 6.33 Å². The van der Waals surface area contributed by atoms with Crippen LogP contribution in [0.25, 0.3) is 16.9 Å². The summed E-state index contributed by atoms with van der Waals surface area (Å²) in [6.45, 7) is 0. The van der Waals surface area contributed by atoms with Gasteiger partial charge in [-0.3, -0.25) is 0 Å². The fraction of sp³-hybridized carbons (Fsp3) is 0. The Morgan fingerprint density at radius 1 is 1.11 bits per heavy atom. The molecule has 0 radical (unpaired) electrons. The van der Waals surface area contributed by atoms with E-state index in [-0.39, 0.29) is 0 Å². The SMILES string of the molecule is Nc1ccccc1-c1cnn(-c2ccncn2)c1. The predicted molar refractivity (Wildman–Crippen MR) is 69.0 cm³/mol. The molecule has 1 aromatic carbocycles. The van der Waals surface area contributed by atoms with Gasteiger partial charge < -0.3 is 5.73 Å². The Kier molecular flexibility index (Phi) is 2.49. The van der Waals surface area contributed by atoms with Crippen LogP contribution < -0.4 is 5.73 Å². The highest BCUT2D eigenvalue weighted by Crippen LogP contribution is 2.25. The first kappa shape index (κ1) is 10.5. The van der Waals surface area contributed by atoms with Gasteiger partial charge >= 0.3 is 0 Å². The van der Waals surface area contributed by atoms with Gasteiger partial charge in [-0.25, -0.2) is 14.6 Å². The van der Waals surface area contributed by atoms with Gasteiger partial charge in [0.2, 0.25) is 0 Å². The molecule has 88 valence electrons. The van der Waals surface area contributed by atoms with Gasteiger partial charge in [-0.1, -0.05) is 18.2 Å². The molecular formula is C13H11N5. The maximum absolute atomic E-state index is 5.94. The highest BCUT2D eigenvalue weighted by molar-refractivity contribution is 5.75. The second-order valence-corrected chi connectivity index (χ2v) is 3.83.